The van der Waals surface area contributed by atoms with Crippen LogP contribution in [0.1, 0.15) is 11.1 Å². The van der Waals surface area contributed by atoms with Gasteiger partial charge in [-0.3, -0.25) is 0 Å². The topological polar surface area (TPSA) is 37.3 Å². The molecule has 0 aliphatic rings. The van der Waals surface area contributed by atoms with Gasteiger partial charge in [0.05, 0.1) is 0 Å². The fourth-order valence-corrected chi connectivity index (χ4v) is 11.9. The zero-order valence-electron chi connectivity index (χ0n) is 17.5. The van der Waals surface area contributed by atoms with E-state index in [1.165, 1.54) is 21.5 Å². The summed E-state index contributed by atoms with van der Waals surface area (Å²) in [7, 11) is 0. The molecule has 0 aliphatic carbocycles. The summed E-state index contributed by atoms with van der Waals surface area (Å²) >= 11 is 4.46. The molecule has 0 radical (unpaired) electrons. The first-order valence-electron chi connectivity index (χ1n) is 10.4. The van der Waals surface area contributed by atoms with E-state index in [-0.39, 0.29) is 0 Å². The Morgan fingerprint density at radius 2 is 1.09 bits per heavy atom. The molecular weight excluding hydrogens is 479 g/mol. The van der Waals surface area contributed by atoms with Crippen molar-refractivity contribution in [1.82, 2.24) is 0 Å². The van der Waals surface area contributed by atoms with E-state index in [9.17, 15) is 4.79 Å². The second-order valence-electron chi connectivity index (χ2n) is 7.76. The second-order valence-corrected chi connectivity index (χ2v) is 16.7. The number of carboxylic acids is 1. The van der Waals surface area contributed by atoms with Gasteiger partial charge in [0.1, 0.15) is 0 Å². The van der Waals surface area contributed by atoms with Crippen LogP contribution in [0, 0.1) is 0 Å². The predicted octanol–water partition coefficient (Wildman–Crippen LogP) is 6.12. The predicted molar refractivity (Wildman–Crippen MR) is 141 cm³/mol. The molecule has 4 aromatic rings. The average molecular weight is 503 g/mol. The van der Waals surface area contributed by atoms with Gasteiger partial charge in [0.15, 0.2) is 0 Å². The van der Waals surface area contributed by atoms with Gasteiger partial charge in [-0.1, -0.05) is 0 Å². The zero-order valence-corrected chi connectivity index (χ0v) is 20.0. The molecule has 0 unspecified atom stereocenters. The van der Waals surface area contributed by atoms with Crippen molar-refractivity contribution in [1.29, 1.82) is 0 Å². The molecule has 4 rings (SSSR count). The molecule has 0 amide bonds. The number of aliphatic carboxylic acids is 1. The number of rotatable bonds is 7. The third-order valence-corrected chi connectivity index (χ3v) is 15.3. The first kappa shape index (κ1) is 22.2. The fourth-order valence-electron chi connectivity index (χ4n) is 4.18. The third-order valence-electron chi connectivity index (χ3n) is 5.76. The fraction of sp³-hybridized carbons (Fsp3) is 0.0357. The van der Waals surface area contributed by atoms with Gasteiger partial charge >= 0.3 is 197 Å². The van der Waals surface area contributed by atoms with Crippen LogP contribution >= 0.6 is 20.8 Å². The minimum absolute atomic E-state index is 0.798. The number of halogens is 1. The molecule has 2 nitrogen and oxygen atoms in total. The van der Waals surface area contributed by atoms with Gasteiger partial charge in [-0.25, -0.2) is 0 Å². The Morgan fingerprint density at radius 1 is 0.688 bits per heavy atom. The van der Waals surface area contributed by atoms with Gasteiger partial charge in [0, 0.05) is 0 Å². The maximum atomic E-state index is 10.9. The van der Waals surface area contributed by atoms with E-state index in [2.05, 4.69) is 119 Å². The second kappa shape index (κ2) is 9.24. The zero-order chi connectivity index (χ0) is 22.5. The SMILES string of the molecule is O=C(O)/C=C/c1ccc(CP(Br)(c2ccccc2)(c2ccccc2)c2ccccc2)cc1. The molecule has 32 heavy (non-hydrogen) atoms. The molecule has 0 heterocycles. The Bertz CT molecular complexity index is 1120. The van der Waals surface area contributed by atoms with Gasteiger partial charge < -0.3 is 0 Å². The average Bonchev–Trinajstić information content (AvgIpc) is 2.85. The summed E-state index contributed by atoms with van der Waals surface area (Å²) in [6.45, 7) is 0. The first-order valence-corrected chi connectivity index (χ1v) is 14.8. The number of carboxylic acid groups (broad SMARTS) is 1. The van der Waals surface area contributed by atoms with Crippen molar-refractivity contribution in [2.24, 2.45) is 0 Å². The van der Waals surface area contributed by atoms with Gasteiger partial charge in [-0.05, 0) is 0 Å². The van der Waals surface area contributed by atoms with Crippen LogP contribution < -0.4 is 15.9 Å². The first-order chi connectivity index (χ1) is 15.5. The van der Waals surface area contributed by atoms with Crippen molar-refractivity contribution in [3.8, 4) is 0 Å². The van der Waals surface area contributed by atoms with E-state index in [0.29, 0.717) is 0 Å². The van der Waals surface area contributed by atoms with Crippen LogP contribution in [0.4, 0.5) is 0 Å². The Balaban J connectivity index is 1.93. The van der Waals surface area contributed by atoms with Gasteiger partial charge in [-0.15, -0.1) is 0 Å². The Kier molecular flexibility index (Phi) is 6.41. The summed E-state index contributed by atoms with van der Waals surface area (Å²) in [6.07, 6.45) is 3.58. The summed E-state index contributed by atoms with van der Waals surface area (Å²) in [6, 6.07) is 40.2. The van der Waals surface area contributed by atoms with Crippen molar-refractivity contribution in [3.63, 3.8) is 0 Å². The molecule has 0 atom stereocenters. The molecule has 4 aromatic carbocycles. The van der Waals surface area contributed by atoms with E-state index >= 15 is 0 Å². The minimum atomic E-state index is -3.04. The van der Waals surface area contributed by atoms with Crippen LogP contribution in [0.25, 0.3) is 6.08 Å². The molecule has 0 fully saturated rings. The van der Waals surface area contributed by atoms with Gasteiger partial charge in [0.25, 0.3) is 0 Å². The summed E-state index contributed by atoms with van der Waals surface area (Å²) in [4.78, 5) is 10.9. The van der Waals surface area contributed by atoms with E-state index in [4.69, 9.17) is 5.11 Å². The van der Waals surface area contributed by atoms with Crippen molar-refractivity contribution >= 4 is 48.8 Å². The molecule has 4 heteroatoms. The van der Waals surface area contributed by atoms with E-state index in [0.717, 1.165) is 17.8 Å². The van der Waals surface area contributed by atoms with E-state index in [1.807, 2.05) is 12.1 Å². The molecule has 0 bridgehead atoms. The van der Waals surface area contributed by atoms with E-state index in [1.54, 1.807) is 6.08 Å². The van der Waals surface area contributed by atoms with Crippen LogP contribution in [0.2, 0.25) is 0 Å². The maximum absolute atomic E-state index is 10.9. The van der Waals surface area contributed by atoms with Gasteiger partial charge in [0.2, 0.25) is 0 Å². The van der Waals surface area contributed by atoms with Gasteiger partial charge in [-0.2, -0.15) is 0 Å². The van der Waals surface area contributed by atoms with Crippen molar-refractivity contribution in [2.75, 3.05) is 0 Å². The van der Waals surface area contributed by atoms with Crippen LogP contribution in [0.5, 0.6) is 0 Å². The normalized spacial score (nSPS) is 12.8. The molecule has 0 aromatic heterocycles. The van der Waals surface area contributed by atoms with Crippen LogP contribution in [-0.2, 0) is 11.0 Å². The van der Waals surface area contributed by atoms with E-state index < -0.39 is 11.3 Å². The molecule has 160 valence electrons. The summed E-state index contributed by atoms with van der Waals surface area (Å²) in [5.41, 5.74) is 2.05. The summed E-state index contributed by atoms with van der Waals surface area (Å²) < 4.78 is 0. The number of carbonyl (C=O) groups is 1. The summed E-state index contributed by atoms with van der Waals surface area (Å²) in [5, 5.41) is 9.68. The van der Waals surface area contributed by atoms with Crippen LogP contribution in [-0.4, -0.2) is 11.1 Å². The molecule has 0 saturated carbocycles. The standard InChI is InChI=1S/C28H24BrO2P/c29-32(25-10-4-1-5-11-25,26-12-6-2-7-13-26,27-14-8-3-9-15-27)22-24-18-16-23(17-19-24)20-21-28(30)31/h1-21H,22H2,(H,30,31)/b21-20+. The molecule has 0 saturated heterocycles. The molecule has 0 spiro atoms. The third kappa shape index (κ3) is 4.19. The Labute approximate surface area is 196 Å². The monoisotopic (exact) mass is 502 g/mol. The van der Waals surface area contributed by atoms with Crippen LogP contribution in [0.3, 0.4) is 0 Å². The molecule has 1 N–H and O–H groups in total. The summed E-state index contributed by atoms with van der Waals surface area (Å²) in [5.74, 6) is -0.947. The quantitative estimate of drug-likeness (QED) is 0.244. The number of hydrogen-bond acceptors (Lipinski definition) is 1. The molecule has 0 aliphatic heterocycles. The Morgan fingerprint density at radius 3 is 1.47 bits per heavy atom. The number of hydrogen-bond donors (Lipinski definition) is 1. The Hall–Kier alpha value is -3.00. The van der Waals surface area contributed by atoms with Crippen molar-refractivity contribution in [2.45, 2.75) is 6.16 Å². The van der Waals surface area contributed by atoms with Crippen molar-refractivity contribution < 1.29 is 9.90 Å². The van der Waals surface area contributed by atoms with Crippen LogP contribution in [0.15, 0.2) is 121 Å². The molecular formula is C28H24BrO2P. The number of benzene rings is 4. The van der Waals surface area contributed by atoms with Crippen molar-refractivity contribution in [3.05, 3.63) is 132 Å².